The molecule has 0 saturated carbocycles. The number of aliphatic hydroxyl groups excluding tert-OH is 1. The van der Waals surface area contributed by atoms with Gasteiger partial charge < -0.3 is 26.4 Å². The van der Waals surface area contributed by atoms with Gasteiger partial charge in [-0.05, 0) is 23.1 Å². The van der Waals surface area contributed by atoms with Gasteiger partial charge in [0.15, 0.2) is 0 Å². The fourth-order valence-electron chi connectivity index (χ4n) is 3.67. The zero-order valence-electron chi connectivity index (χ0n) is 18.7. The fraction of sp³-hybridized carbons (Fsp3) is 0.545. The van der Waals surface area contributed by atoms with Crippen LogP contribution < -0.4 is 16.4 Å². The Morgan fingerprint density at radius 1 is 1.19 bits per heavy atom. The monoisotopic (exact) mass is 510 g/mol. The largest absolute Gasteiger partial charge is 0.391 e. The number of primary amides is 1. The first-order valence-corrected chi connectivity index (χ1v) is 11.2. The standard InChI is InChI=1S/C22H31BrN4O5/c1-12(28)25-18(22(2,3)4)21(32)27-11-15(29)10-17(27)20(31)26-16(19(24)30)9-13-5-7-14(23)8-6-13/h5-8,15-18,29H,9-11H2,1-4H3,(H2,24,30)(H,25,28)(H,26,31)/t15-,16-,17+,18-/m1/s1. The van der Waals surface area contributed by atoms with E-state index in [4.69, 9.17) is 5.73 Å². The summed E-state index contributed by atoms with van der Waals surface area (Å²) in [4.78, 5) is 51.2. The summed E-state index contributed by atoms with van der Waals surface area (Å²) >= 11 is 3.34. The van der Waals surface area contributed by atoms with E-state index in [-0.39, 0.29) is 25.3 Å². The van der Waals surface area contributed by atoms with E-state index in [1.165, 1.54) is 11.8 Å². The van der Waals surface area contributed by atoms with E-state index in [2.05, 4.69) is 26.6 Å². The number of halogens is 1. The van der Waals surface area contributed by atoms with Crippen molar-refractivity contribution in [3.8, 4) is 0 Å². The molecule has 1 aliphatic rings. The van der Waals surface area contributed by atoms with Gasteiger partial charge in [0.1, 0.15) is 18.1 Å². The zero-order chi connectivity index (χ0) is 24.2. The van der Waals surface area contributed by atoms with E-state index in [1.54, 1.807) is 20.8 Å². The third kappa shape index (κ3) is 6.77. The molecule has 4 atom stereocenters. The Labute approximate surface area is 196 Å². The molecule has 176 valence electrons. The highest BCUT2D eigenvalue weighted by molar-refractivity contribution is 9.10. The van der Waals surface area contributed by atoms with Crippen LogP contribution in [-0.4, -0.2) is 64.4 Å². The molecule has 10 heteroatoms. The Morgan fingerprint density at radius 2 is 1.78 bits per heavy atom. The molecule has 1 heterocycles. The topological polar surface area (TPSA) is 142 Å². The molecule has 0 aromatic heterocycles. The lowest BCUT2D eigenvalue weighted by molar-refractivity contribution is -0.144. The van der Waals surface area contributed by atoms with Crippen LogP contribution in [0.3, 0.4) is 0 Å². The SMILES string of the molecule is CC(=O)N[C@H](C(=O)N1C[C@H](O)C[C@H]1C(=O)N[C@H](Cc1ccc(Br)cc1)C(N)=O)C(C)(C)C. The molecule has 5 N–H and O–H groups in total. The van der Waals surface area contributed by atoms with Gasteiger partial charge >= 0.3 is 0 Å². The van der Waals surface area contributed by atoms with E-state index in [1.807, 2.05) is 24.3 Å². The van der Waals surface area contributed by atoms with Gasteiger partial charge in [0.2, 0.25) is 23.6 Å². The smallest absolute Gasteiger partial charge is 0.246 e. The summed E-state index contributed by atoms with van der Waals surface area (Å²) in [5, 5.41) is 15.5. The molecule has 4 amide bonds. The van der Waals surface area contributed by atoms with Crippen LogP contribution in [0.25, 0.3) is 0 Å². The predicted octanol–water partition coefficient (Wildman–Crippen LogP) is 0.474. The lowest BCUT2D eigenvalue weighted by atomic mass is 9.85. The van der Waals surface area contributed by atoms with Crippen molar-refractivity contribution in [2.45, 2.75) is 64.8 Å². The van der Waals surface area contributed by atoms with Crippen LogP contribution in [0.2, 0.25) is 0 Å². The molecule has 1 aromatic carbocycles. The molecule has 1 saturated heterocycles. The van der Waals surface area contributed by atoms with Crippen LogP contribution in [0.1, 0.15) is 39.7 Å². The lowest BCUT2D eigenvalue weighted by Crippen LogP contribution is -2.58. The van der Waals surface area contributed by atoms with E-state index in [0.29, 0.717) is 0 Å². The third-order valence-corrected chi connectivity index (χ3v) is 5.87. The highest BCUT2D eigenvalue weighted by Crippen LogP contribution is 2.26. The van der Waals surface area contributed by atoms with Crippen molar-refractivity contribution in [3.63, 3.8) is 0 Å². The molecule has 1 fully saturated rings. The van der Waals surface area contributed by atoms with Gasteiger partial charge in [0, 0.05) is 30.8 Å². The van der Waals surface area contributed by atoms with Crippen molar-refractivity contribution in [3.05, 3.63) is 34.3 Å². The van der Waals surface area contributed by atoms with Gasteiger partial charge in [0.05, 0.1) is 6.10 Å². The molecule has 0 spiro atoms. The van der Waals surface area contributed by atoms with Crippen LogP contribution in [-0.2, 0) is 25.6 Å². The minimum Gasteiger partial charge on any atom is -0.391 e. The quantitative estimate of drug-likeness (QED) is 0.421. The average molecular weight is 511 g/mol. The minimum atomic E-state index is -0.983. The van der Waals surface area contributed by atoms with Crippen molar-refractivity contribution in [2.24, 2.45) is 11.1 Å². The number of aliphatic hydroxyl groups is 1. The first-order valence-electron chi connectivity index (χ1n) is 10.4. The number of nitrogens with two attached hydrogens (primary N) is 1. The van der Waals surface area contributed by atoms with E-state index < -0.39 is 47.4 Å². The van der Waals surface area contributed by atoms with Crippen LogP contribution in [0.5, 0.6) is 0 Å². The Morgan fingerprint density at radius 3 is 2.28 bits per heavy atom. The number of β-amino-alcohol motifs (C(OH)–C–C–N with tert-alkyl or cyclic N) is 1. The third-order valence-electron chi connectivity index (χ3n) is 5.34. The van der Waals surface area contributed by atoms with E-state index in [9.17, 15) is 24.3 Å². The molecular weight excluding hydrogens is 480 g/mol. The zero-order valence-corrected chi connectivity index (χ0v) is 20.3. The minimum absolute atomic E-state index is 0.0261. The summed E-state index contributed by atoms with van der Waals surface area (Å²) in [6.07, 6.45) is -0.682. The van der Waals surface area contributed by atoms with Crippen molar-refractivity contribution in [1.29, 1.82) is 0 Å². The highest BCUT2D eigenvalue weighted by Gasteiger charge is 2.44. The first-order chi connectivity index (χ1) is 14.8. The number of hydrogen-bond donors (Lipinski definition) is 4. The summed E-state index contributed by atoms with van der Waals surface area (Å²) in [5.74, 6) is -2.12. The van der Waals surface area contributed by atoms with Crippen molar-refractivity contribution >= 4 is 39.6 Å². The molecule has 9 nitrogen and oxygen atoms in total. The fourth-order valence-corrected chi connectivity index (χ4v) is 3.93. The number of benzene rings is 1. The number of rotatable bonds is 7. The number of amides is 4. The number of likely N-dealkylation sites (tertiary alicyclic amines) is 1. The summed E-state index contributed by atoms with van der Waals surface area (Å²) in [7, 11) is 0. The molecule has 1 aliphatic heterocycles. The normalized spacial score (nSPS) is 20.4. The van der Waals surface area contributed by atoms with Crippen LogP contribution >= 0.6 is 15.9 Å². The Balaban J connectivity index is 2.20. The van der Waals surface area contributed by atoms with Gasteiger partial charge in [-0.2, -0.15) is 0 Å². The second-order valence-corrected chi connectivity index (χ2v) is 10.1. The Hall–Kier alpha value is -2.46. The number of hydrogen-bond acceptors (Lipinski definition) is 5. The van der Waals surface area contributed by atoms with E-state index in [0.717, 1.165) is 10.0 Å². The summed E-state index contributed by atoms with van der Waals surface area (Å²) < 4.78 is 0.877. The van der Waals surface area contributed by atoms with Crippen LogP contribution in [0, 0.1) is 5.41 Å². The van der Waals surface area contributed by atoms with Crippen LogP contribution in [0.15, 0.2) is 28.7 Å². The maximum atomic E-state index is 13.3. The highest BCUT2D eigenvalue weighted by atomic mass is 79.9. The number of nitrogens with zero attached hydrogens (tertiary/aromatic N) is 1. The van der Waals surface area contributed by atoms with Crippen molar-refractivity contribution < 1.29 is 24.3 Å². The molecule has 0 radical (unpaired) electrons. The Bertz CT molecular complexity index is 868. The molecule has 0 bridgehead atoms. The summed E-state index contributed by atoms with van der Waals surface area (Å²) in [5.41, 5.74) is 5.69. The summed E-state index contributed by atoms with van der Waals surface area (Å²) in [6.45, 7) is 6.67. The summed E-state index contributed by atoms with van der Waals surface area (Å²) in [6, 6.07) is 4.41. The van der Waals surface area contributed by atoms with Gasteiger partial charge in [-0.1, -0.05) is 48.8 Å². The number of carbonyl (C=O) groups excluding carboxylic acids is 4. The molecule has 2 rings (SSSR count). The second-order valence-electron chi connectivity index (χ2n) is 9.19. The number of nitrogens with one attached hydrogen (secondary N) is 2. The number of carbonyl (C=O) groups is 4. The molecule has 1 aromatic rings. The second kappa shape index (κ2) is 10.4. The predicted molar refractivity (Wildman–Crippen MR) is 122 cm³/mol. The van der Waals surface area contributed by atoms with Gasteiger partial charge in [-0.3, -0.25) is 19.2 Å². The first kappa shape index (κ1) is 25.8. The van der Waals surface area contributed by atoms with Crippen molar-refractivity contribution in [1.82, 2.24) is 15.5 Å². The van der Waals surface area contributed by atoms with Crippen molar-refractivity contribution in [2.75, 3.05) is 6.54 Å². The van der Waals surface area contributed by atoms with E-state index >= 15 is 0 Å². The average Bonchev–Trinajstić information content (AvgIpc) is 3.07. The molecule has 0 aliphatic carbocycles. The lowest BCUT2D eigenvalue weighted by Gasteiger charge is -2.35. The molecule has 0 unspecified atom stereocenters. The molecule has 32 heavy (non-hydrogen) atoms. The molecular formula is C22H31BrN4O5. The van der Waals surface area contributed by atoms with Crippen LogP contribution in [0.4, 0.5) is 0 Å². The maximum Gasteiger partial charge on any atom is 0.246 e. The van der Waals surface area contributed by atoms with Gasteiger partial charge in [-0.15, -0.1) is 0 Å². The maximum absolute atomic E-state index is 13.3. The van der Waals surface area contributed by atoms with Gasteiger partial charge in [-0.25, -0.2) is 0 Å². The van der Waals surface area contributed by atoms with Gasteiger partial charge in [0.25, 0.3) is 0 Å². The Kier molecular flexibility index (Phi) is 8.41.